The third-order valence-electron chi connectivity index (χ3n) is 6.12. The minimum Gasteiger partial charge on any atom is -0.491 e. The Kier molecular flexibility index (Phi) is 8.12. The third kappa shape index (κ3) is 5.61. The molecule has 10 heteroatoms. The molecule has 8 nitrogen and oxygen atoms in total. The van der Waals surface area contributed by atoms with Crippen molar-refractivity contribution in [2.75, 3.05) is 37.0 Å². The Morgan fingerprint density at radius 3 is 2.67 bits per heavy atom. The lowest BCUT2D eigenvalue weighted by atomic mass is 10.2. The SMILES string of the molecule is CCNc1ccc(C#N)cc1/N=C1/S/C(=C2\Sc3cc(OCCO)ccc3N2C)C(=O)N1Cc1ccccc1. The van der Waals surface area contributed by atoms with Crippen molar-refractivity contribution in [1.29, 1.82) is 5.26 Å². The molecule has 2 aliphatic heterocycles. The Labute approximate surface area is 236 Å². The Morgan fingerprint density at radius 1 is 1.10 bits per heavy atom. The molecule has 2 aliphatic rings. The van der Waals surface area contributed by atoms with Crippen LogP contribution in [0.25, 0.3) is 0 Å². The van der Waals surface area contributed by atoms with Gasteiger partial charge in [0.1, 0.15) is 17.3 Å². The number of ether oxygens (including phenoxy) is 1. The Hall–Kier alpha value is -3.91. The second-order valence-corrected chi connectivity index (χ2v) is 10.8. The number of aliphatic hydroxyl groups is 1. The van der Waals surface area contributed by atoms with Crippen molar-refractivity contribution in [3.05, 3.63) is 87.8 Å². The second kappa shape index (κ2) is 11.9. The van der Waals surface area contributed by atoms with E-state index in [0.717, 1.165) is 26.9 Å². The van der Waals surface area contributed by atoms with Gasteiger partial charge in [0, 0.05) is 18.5 Å². The van der Waals surface area contributed by atoms with E-state index in [-0.39, 0.29) is 19.1 Å². The van der Waals surface area contributed by atoms with Crippen molar-refractivity contribution in [2.45, 2.75) is 18.4 Å². The summed E-state index contributed by atoms with van der Waals surface area (Å²) in [6, 6.07) is 23.1. The molecule has 0 aliphatic carbocycles. The monoisotopic (exact) mass is 557 g/mol. The van der Waals surface area contributed by atoms with E-state index >= 15 is 0 Å². The number of amides is 1. The van der Waals surface area contributed by atoms with Crippen LogP contribution in [0.2, 0.25) is 0 Å². The lowest BCUT2D eigenvalue weighted by Crippen LogP contribution is -2.29. The van der Waals surface area contributed by atoms with E-state index in [1.807, 2.05) is 73.5 Å². The molecule has 0 atom stereocenters. The van der Waals surface area contributed by atoms with Crippen molar-refractivity contribution in [3.63, 3.8) is 0 Å². The van der Waals surface area contributed by atoms with Gasteiger partial charge >= 0.3 is 0 Å². The molecule has 198 valence electrons. The molecule has 0 radical (unpaired) electrons. The van der Waals surface area contributed by atoms with Gasteiger partial charge in [0.2, 0.25) is 0 Å². The molecule has 5 rings (SSSR count). The number of amidine groups is 1. The van der Waals surface area contributed by atoms with Crippen LogP contribution in [0.5, 0.6) is 5.75 Å². The summed E-state index contributed by atoms with van der Waals surface area (Å²) in [5.74, 6) is 0.546. The maximum absolute atomic E-state index is 13.9. The average molecular weight is 558 g/mol. The molecule has 0 bridgehead atoms. The topological polar surface area (TPSA) is 101 Å². The van der Waals surface area contributed by atoms with Crippen LogP contribution in [-0.4, -0.2) is 47.9 Å². The van der Waals surface area contributed by atoms with Crippen LogP contribution in [0.4, 0.5) is 17.1 Å². The molecule has 0 saturated carbocycles. The summed E-state index contributed by atoms with van der Waals surface area (Å²) in [7, 11) is 1.94. The fraction of sp³-hybridized carbons (Fsp3) is 0.207. The van der Waals surface area contributed by atoms with E-state index in [0.29, 0.717) is 40.2 Å². The average Bonchev–Trinajstić information content (AvgIpc) is 3.44. The largest absolute Gasteiger partial charge is 0.491 e. The highest BCUT2D eigenvalue weighted by molar-refractivity contribution is 8.19. The molecule has 39 heavy (non-hydrogen) atoms. The van der Waals surface area contributed by atoms with Crippen LogP contribution in [0.1, 0.15) is 18.1 Å². The number of thioether (sulfide) groups is 2. The number of carbonyl (C=O) groups excluding carboxylic acids is 1. The third-order valence-corrected chi connectivity index (χ3v) is 8.53. The number of nitrogens with zero attached hydrogens (tertiary/aromatic N) is 4. The van der Waals surface area contributed by atoms with Gasteiger partial charge in [-0.3, -0.25) is 9.69 Å². The first-order valence-corrected chi connectivity index (χ1v) is 14.1. The van der Waals surface area contributed by atoms with Gasteiger partial charge < -0.3 is 20.1 Å². The number of aliphatic imine (C=N–C) groups is 1. The highest BCUT2D eigenvalue weighted by Crippen LogP contribution is 2.51. The molecule has 1 saturated heterocycles. The zero-order chi connectivity index (χ0) is 27.4. The smallest absolute Gasteiger partial charge is 0.269 e. The summed E-state index contributed by atoms with van der Waals surface area (Å²) >= 11 is 2.85. The lowest BCUT2D eigenvalue weighted by molar-refractivity contribution is -0.122. The van der Waals surface area contributed by atoms with Crippen molar-refractivity contribution in [2.24, 2.45) is 4.99 Å². The number of carbonyl (C=O) groups is 1. The van der Waals surface area contributed by atoms with Crippen LogP contribution in [-0.2, 0) is 11.3 Å². The predicted molar refractivity (Wildman–Crippen MR) is 157 cm³/mol. The first-order chi connectivity index (χ1) is 19.0. The van der Waals surface area contributed by atoms with Gasteiger partial charge in [-0.1, -0.05) is 42.1 Å². The van der Waals surface area contributed by atoms with E-state index in [4.69, 9.17) is 14.8 Å². The first-order valence-electron chi connectivity index (χ1n) is 12.5. The van der Waals surface area contributed by atoms with E-state index in [9.17, 15) is 10.1 Å². The minimum absolute atomic E-state index is 0.0588. The fourth-order valence-electron chi connectivity index (χ4n) is 4.25. The van der Waals surface area contributed by atoms with E-state index in [1.54, 1.807) is 17.0 Å². The molecular formula is C29H27N5O3S2. The van der Waals surface area contributed by atoms with Crippen LogP contribution >= 0.6 is 23.5 Å². The Morgan fingerprint density at radius 2 is 1.92 bits per heavy atom. The van der Waals surface area contributed by atoms with Crippen molar-refractivity contribution in [3.8, 4) is 11.8 Å². The number of nitrogens with one attached hydrogen (secondary N) is 1. The van der Waals surface area contributed by atoms with Crippen LogP contribution in [0, 0.1) is 11.3 Å². The summed E-state index contributed by atoms with van der Waals surface area (Å²) in [6.07, 6.45) is 0. The zero-order valence-corrected chi connectivity index (χ0v) is 23.2. The molecule has 3 aromatic carbocycles. The van der Waals surface area contributed by atoms with Gasteiger partial charge in [0.15, 0.2) is 5.17 Å². The molecule has 3 aromatic rings. The summed E-state index contributed by atoms with van der Waals surface area (Å²) < 4.78 is 5.59. The Balaban J connectivity index is 1.55. The highest BCUT2D eigenvalue weighted by Gasteiger charge is 2.39. The van der Waals surface area contributed by atoms with Gasteiger partial charge in [-0.05, 0) is 60.6 Å². The maximum Gasteiger partial charge on any atom is 0.269 e. The summed E-state index contributed by atoms with van der Waals surface area (Å²) in [5, 5.41) is 23.2. The molecular weight excluding hydrogens is 530 g/mol. The highest BCUT2D eigenvalue weighted by atomic mass is 32.2. The number of anilines is 2. The van der Waals surface area contributed by atoms with E-state index in [1.165, 1.54) is 23.5 Å². The molecule has 2 N–H and O–H groups in total. The number of rotatable bonds is 8. The quantitative estimate of drug-likeness (QED) is 0.349. The first kappa shape index (κ1) is 26.7. The van der Waals surface area contributed by atoms with Gasteiger partial charge in [-0.2, -0.15) is 5.26 Å². The second-order valence-electron chi connectivity index (χ2n) is 8.74. The van der Waals surface area contributed by atoms with Crippen molar-refractivity contribution < 1.29 is 14.6 Å². The molecule has 0 unspecified atom stereocenters. The number of nitriles is 1. The number of hydrogen-bond acceptors (Lipinski definition) is 9. The summed E-state index contributed by atoms with van der Waals surface area (Å²) in [4.78, 5) is 24.1. The van der Waals surface area contributed by atoms with Gasteiger partial charge in [-0.15, -0.1) is 0 Å². The summed E-state index contributed by atoms with van der Waals surface area (Å²) in [5.41, 5.74) is 3.87. The van der Waals surface area contributed by atoms with E-state index < -0.39 is 0 Å². The van der Waals surface area contributed by atoms with E-state index in [2.05, 4.69) is 11.4 Å². The van der Waals surface area contributed by atoms with Gasteiger partial charge in [0.25, 0.3) is 5.91 Å². The van der Waals surface area contributed by atoms with Crippen LogP contribution < -0.4 is 15.0 Å². The number of aliphatic hydroxyl groups excluding tert-OH is 1. The predicted octanol–water partition coefficient (Wildman–Crippen LogP) is 5.54. The molecule has 0 aromatic heterocycles. The minimum atomic E-state index is -0.122. The molecule has 1 amide bonds. The van der Waals surface area contributed by atoms with Gasteiger partial charge in [-0.25, -0.2) is 4.99 Å². The molecule has 2 heterocycles. The zero-order valence-electron chi connectivity index (χ0n) is 21.5. The Bertz CT molecular complexity index is 1500. The normalized spacial score (nSPS) is 17.5. The number of hydrogen-bond donors (Lipinski definition) is 2. The van der Waals surface area contributed by atoms with Crippen molar-refractivity contribution >= 4 is 51.7 Å². The standard InChI is InChI=1S/C29H27N5O3S2/c1-3-31-22-11-9-20(17-30)15-23(22)32-29-34(18-19-7-5-4-6-8-19)27(36)26(39-29)28-33(2)24-12-10-21(37-14-13-35)16-25(24)38-28/h4-12,15-16,31,35H,3,13-14,18H2,1-2H3/b28-26-,32-29+. The van der Waals surface area contributed by atoms with Crippen LogP contribution in [0.3, 0.4) is 0 Å². The molecule has 0 spiro atoms. The van der Waals surface area contributed by atoms with Crippen LogP contribution in [0.15, 0.2) is 86.6 Å². The maximum atomic E-state index is 13.9. The fourth-order valence-corrected chi connectivity index (χ4v) is 6.61. The lowest BCUT2D eigenvalue weighted by Gasteiger charge is -2.17. The van der Waals surface area contributed by atoms with Crippen molar-refractivity contribution in [1.82, 2.24) is 4.90 Å². The summed E-state index contributed by atoms with van der Waals surface area (Å²) in [6.45, 7) is 3.23. The number of benzene rings is 3. The number of fused-ring (bicyclic) bond motifs is 1. The van der Waals surface area contributed by atoms with Gasteiger partial charge in [0.05, 0.1) is 46.9 Å². The molecule has 1 fully saturated rings.